The average Bonchev–Trinajstić information content (AvgIpc) is 2.00. The van der Waals surface area contributed by atoms with Crippen LogP contribution >= 0.6 is 0 Å². The lowest BCUT2D eigenvalue weighted by molar-refractivity contribution is -0.142. The number of rotatable bonds is 4. The van der Waals surface area contributed by atoms with E-state index >= 15 is 0 Å². The van der Waals surface area contributed by atoms with Crippen molar-refractivity contribution < 1.29 is 25.2 Å². The van der Waals surface area contributed by atoms with Gasteiger partial charge < -0.3 is 20.4 Å². The first kappa shape index (κ1) is 10.5. The number of carbonyl (C=O) groups is 1. The molecule has 0 amide bonds. The first-order valence-corrected chi connectivity index (χ1v) is 3.19. The maximum Gasteiger partial charge on any atom is 0.194 e. The molecule has 0 aliphatic heterocycles. The van der Waals surface area contributed by atoms with Crippen LogP contribution in [0.4, 0.5) is 0 Å². The number of aliphatic hydroxyl groups excluding tert-OH is 4. The van der Waals surface area contributed by atoms with Gasteiger partial charge in [0, 0.05) is 0 Å². The lowest BCUT2D eigenvalue weighted by Crippen LogP contribution is -2.40. The predicted molar refractivity (Wildman–Crippen MR) is 35.8 cm³/mol. The Morgan fingerprint density at radius 2 is 1.82 bits per heavy atom. The number of carbonyl (C=O) groups excluding carboxylic acids is 1. The van der Waals surface area contributed by atoms with E-state index < -0.39 is 30.7 Å². The lowest BCUT2D eigenvalue weighted by Gasteiger charge is -2.14. The van der Waals surface area contributed by atoms with Crippen LogP contribution in [0.2, 0.25) is 0 Å². The van der Waals surface area contributed by atoms with E-state index in [1.807, 2.05) is 0 Å². The topological polar surface area (TPSA) is 98.0 Å². The molecule has 0 saturated heterocycles. The Bertz CT molecular complexity index is 133. The van der Waals surface area contributed by atoms with Gasteiger partial charge in [-0.05, 0) is 6.92 Å². The molecule has 0 heterocycles. The van der Waals surface area contributed by atoms with Crippen molar-refractivity contribution in [3.05, 3.63) is 0 Å². The van der Waals surface area contributed by atoms with E-state index in [2.05, 4.69) is 0 Å². The Hall–Kier alpha value is -0.490. The van der Waals surface area contributed by atoms with Crippen molar-refractivity contribution >= 4 is 5.78 Å². The highest BCUT2D eigenvalue weighted by Gasteiger charge is 2.26. The lowest BCUT2D eigenvalue weighted by atomic mass is 10.1. The SMILES string of the molecule is C[C@@H](O)[C@H](O)C(=O)[C@@H](O)CO. The molecule has 0 aromatic carbocycles. The van der Waals surface area contributed by atoms with Crippen LogP contribution in [0.15, 0.2) is 0 Å². The minimum atomic E-state index is -1.63. The molecular weight excluding hydrogens is 152 g/mol. The second-order valence-corrected chi connectivity index (χ2v) is 2.29. The molecule has 5 nitrogen and oxygen atoms in total. The normalized spacial score (nSPS) is 19.0. The Labute approximate surface area is 63.9 Å². The van der Waals surface area contributed by atoms with Crippen LogP contribution in [-0.2, 0) is 4.79 Å². The number of hydrogen-bond acceptors (Lipinski definition) is 5. The van der Waals surface area contributed by atoms with Crippen LogP contribution in [0.25, 0.3) is 0 Å². The van der Waals surface area contributed by atoms with Crippen LogP contribution in [-0.4, -0.2) is 51.1 Å². The molecular formula is C6H12O5. The van der Waals surface area contributed by atoms with E-state index in [4.69, 9.17) is 20.4 Å². The zero-order valence-corrected chi connectivity index (χ0v) is 6.14. The summed E-state index contributed by atoms with van der Waals surface area (Å²) in [5.74, 6) is -0.970. The molecule has 5 heteroatoms. The Balaban J connectivity index is 4.02. The Morgan fingerprint density at radius 1 is 1.36 bits per heavy atom. The van der Waals surface area contributed by atoms with Gasteiger partial charge >= 0.3 is 0 Å². The molecule has 3 atom stereocenters. The largest absolute Gasteiger partial charge is 0.393 e. The van der Waals surface area contributed by atoms with Crippen molar-refractivity contribution in [3.63, 3.8) is 0 Å². The zero-order valence-electron chi connectivity index (χ0n) is 6.14. The minimum absolute atomic E-state index is 0.747. The van der Waals surface area contributed by atoms with E-state index in [0.29, 0.717) is 0 Å². The molecule has 66 valence electrons. The zero-order chi connectivity index (χ0) is 9.02. The third-order valence-corrected chi connectivity index (χ3v) is 1.25. The molecule has 0 spiro atoms. The Morgan fingerprint density at radius 3 is 2.09 bits per heavy atom. The van der Waals surface area contributed by atoms with E-state index in [0.717, 1.165) is 0 Å². The van der Waals surface area contributed by atoms with Gasteiger partial charge in [0.05, 0.1) is 12.7 Å². The summed E-state index contributed by atoms with van der Waals surface area (Å²) >= 11 is 0. The van der Waals surface area contributed by atoms with Gasteiger partial charge in [-0.25, -0.2) is 0 Å². The molecule has 0 aliphatic carbocycles. The van der Waals surface area contributed by atoms with Gasteiger partial charge in [-0.1, -0.05) is 0 Å². The first-order valence-electron chi connectivity index (χ1n) is 3.19. The van der Waals surface area contributed by atoms with Crippen molar-refractivity contribution in [1.82, 2.24) is 0 Å². The summed E-state index contributed by atoms with van der Waals surface area (Å²) in [5.41, 5.74) is 0. The fourth-order valence-electron chi connectivity index (χ4n) is 0.525. The molecule has 0 aromatic rings. The fourth-order valence-corrected chi connectivity index (χ4v) is 0.525. The van der Waals surface area contributed by atoms with Gasteiger partial charge in [0.1, 0.15) is 12.2 Å². The molecule has 0 radical (unpaired) electrons. The average molecular weight is 164 g/mol. The number of Topliss-reactive ketones (excluding diaryl/α,β-unsaturated/α-hetero) is 1. The van der Waals surface area contributed by atoms with Crippen LogP contribution in [0.1, 0.15) is 6.92 Å². The number of aliphatic hydroxyl groups is 4. The van der Waals surface area contributed by atoms with Gasteiger partial charge in [0.2, 0.25) is 0 Å². The summed E-state index contributed by atoms with van der Waals surface area (Å²) < 4.78 is 0. The summed E-state index contributed by atoms with van der Waals surface area (Å²) in [7, 11) is 0. The van der Waals surface area contributed by atoms with Crippen molar-refractivity contribution in [1.29, 1.82) is 0 Å². The molecule has 0 saturated carbocycles. The molecule has 0 fully saturated rings. The summed E-state index contributed by atoms with van der Waals surface area (Å²) in [5, 5.41) is 34.4. The fraction of sp³-hybridized carbons (Fsp3) is 0.833. The third kappa shape index (κ3) is 2.94. The molecule has 0 bridgehead atoms. The van der Waals surface area contributed by atoms with Crippen molar-refractivity contribution in [2.75, 3.05) is 6.61 Å². The van der Waals surface area contributed by atoms with Crippen molar-refractivity contribution in [2.24, 2.45) is 0 Å². The minimum Gasteiger partial charge on any atom is -0.393 e. The smallest absolute Gasteiger partial charge is 0.194 e. The van der Waals surface area contributed by atoms with Crippen molar-refractivity contribution in [2.45, 2.75) is 25.2 Å². The molecule has 0 unspecified atom stereocenters. The van der Waals surface area contributed by atoms with E-state index in [9.17, 15) is 4.79 Å². The maximum atomic E-state index is 10.7. The van der Waals surface area contributed by atoms with E-state index in [1.165, 1.54) is 6.92 Å². The third-order valence-electron chi connectivity index (χ3n) is 1.25. The van der Waals surface area contributed by atoms with E-state index in [1.54, 1.807) is 0 Å². The van der Waals surface area contributed by atoms with Gasteiger partial charge in [-0.3, -0.25) is 4.79 Å². The highest BCUT2D eigenvalue weighted by Crippen LogP contribution is 1.97. The first-order chi connectivity index (χ1) is 5.00. The summed E-state index contributed by atoms with van der Waals surface area (Å²) in [6.45, 7) is 0.468. The van der Waals surface area contributed by atoms with Gasteiger partial charge in [0.15, 0.2) is 5.78 Å². The predicted octanol–water partition coefficient (Wildman–Crippen LogP) is -2.35. The van der Waals surface area contributed by atoms with Gasteiger partial charge in [-0.2, -0.15) is 0 Å². The Kier molecular flexibility index (Phi) is 4.20. The highest BCUT2D eigenvalue weighted by atomic mass is 16.4. The number of ketones is 1. The standard InChI is InChI=1S/C6H12O5/c1-3(8)5(10)6(11)4(9)2-7/h3-5,7-10H,2H2,1H3/t3-,4+,5+/m1/s1. The van der Waals surface area contributed by atoms with Gasteiger partial charge in [-0.15, -0.1) is 0 Å². The van der Waals surface area contributed by atoms with Crippen LogP contribution in [0.3, 0.4) is 0 Å². The highest BCUT2D eigenvalue weighted by molar-refractivity contribution is 5.87. The molecule has 11 heavy (non-hydrogen) atoms. The molecule has 0 rings (SSSR count). The van der Waals surface area contributed by atoms with Gasteiger partial charge in [0.25, 0.3) is 0 Å². The summed E-state index contributed by atoms with van der Waals surface area (Å²) in [6, 6.07) is 0. The second-order valence-electron chi connectivity index (χ2n) is 2.29. The van der Waals surface area contributed by atoms with Crippen LogP contribution < -0.4 is 0 Å². The summed E-state index contributed by atoms with van der Waals surface area (Å²) in [4.78, 5) is 10.7. The quantitative estimate of drug-likeness (QED) is 0.373. The molecule has 0 aromatic heterocycles. The van der Waals surface area contributed by atoms with Crippen molar-refractivity contribution in [3.8, 4) is 0 Å². The second kappa shape index (κ2) is 4.40. The molecule has 4 N–H and O–H groups in total. The molecule has 0 aliphatic rings. The monoisotopic (exact) mass is 164 g/mol. The van der Waals surface area contributed by atoms with E-state index in [-0.39, 0.29) is 0 Å². The van der Waals surface area contributed by atoms with Crippen LogP contribution in [0, 0.1) is 0 Å². The van der Waals surface area contributed by atoms with Crippen LogP contribution in [0.5, 0.6) is 0 Å². The number of hydrogen-bond donors (Lipinski definition) is 4. The summed E-state index contributed by atoms with van der Waals surface area (Å²) in [6.07, 6.45) is -4.47. The maximum absolute atomic E-state index is 10.7.